The third-order valence-corrected chi connectivity index (χ3v) is 2.65. The molecule has 0 unspecified atom stereocenters. The third kappa shape index (κ3) is 3.08. The molecule has 0 heterocycles. The lowest BCUT2D eigenvalue weighted by Crippen LogP contribution is -2.13. The van der Waals surface area contributed by atoms with E-state index in [1.807, 2.05) is 0 Å². The highest BCUT2D eigenvalue weighted by molar-refractivity contribution is 7.90. The van der Waals surface area contributed by atoms with Crippen LogP contribution in [0, 0.1) is 5.82 Å². The molecule has 5 heteroatoms. The Bertz CT molecular complexity index is 414. The van der Waals surface area contributed by atoms with E-state index in [1.165, 1.54) is 18.2 Å². The first-order valence-corrected chi connectivity index (χ1v) is 6.06. The van der Waals surface area contributed by atoms with Crippen molar-refractivity contribution in [2.24, 2.45) is 0 Å². The van der Waals surface area contributed by atoms with Crippen molar-refractivity contribution < 1.29 is 17.9 Å². The van der Waals surface area contributed by atoms with Gasteiger partial charge in [0.15, 0.2) is 0 Å². The van der Waals surface area contributed by atoms with Crippen molar-refractivity contribution in [3.63, 3.8) is 0 Å². The zero-order chi connectivity index (χ0) is 10.8. The Hall–Kier alpha value is -0.940. The van der Waals surface area contributed by atoms with Gasteiger partial charge in [-0.05, 0) is 6.07 Å². The van der Waals surface area contributed by atoms with Crippen LogP contribution in [0.1, 0.15) is 11.7 Å². The minimum atomic E-state index is -3.30. The van der Waals surface area contributed by atoms with Gasteiger partial charge in [0.25, 0.3) is 0 Å². The van der Waals surface area contributed by atoms with Crippen LogP contribution in [0.5, 0.6) is 0 Å². The Balaban J connectivity index is 2.90. The van der Waals surface area contributed by atoms with Crippen molar-refractivity contribution in [2.45, 2.75) is 6.10 Å². The number of rotatable bonds is 3. The number of halogens is 1. The lowest BCUT2D eigenvalue weighted by atomic mass is 10.1. The molecular formula is C9H11FO3S. The van der Waals surface area contributed by atoms with E-state index in [9.17, 15) is 17.9 Å². The lowest BCUT2D eigenvalue weighted by molar-refractivity contribution is 0.197. The second-order valence-corrected chi connectivity index (χ2v) is 5.31. The molecule has 78 valence electrons. The average Bonchev–Trinajstić information content (AvgIpc) is 2.01. The average molecular weight is 218 g/mol. The summed E-state index contributed by atoms with van der Waals surface area (Å²) in [6, 6.07) is 5.57. The fourth-order valence-electron chi connectivity index (χ4n) is 1.12. The minimum absolute atomic E-state index is 0.0120. The number of benzene rings is 1. The highest BCUT2D eigenvalue weighted by Gasteiger charge is 2.17. The fraction of sp³-hybridized carbons (Fsp3) is 0.333. The van der Waals surface area contributed by atoms with Crippen molar-refractivity contribution in [3.8, 4) is 0 Å². The molecular weight excluding hydrogens is 207 g/mol. The lowest BCUT2D eigenvalue weighted by Gasteiger charge is -2.09. The van der Waals surface area contributed by atoms with Gasteiger partial charge in [0.2, 0.25) is 0 Å². The van der Waals surface area contributed by atoms with Crippen LogP contribution in [-0.2, 0) is 9.84 Å². The molecule has 0 aromatic heterocycles. The summed E-state index contributed by atoms with van der Waals surface area (Å²) in [6.45, 7) is 0. The predicted octanol–water partition coefficient (Wildman–Crippen LogP) is 0.904. The molecule has 0 saturated heterocycles. The number of hydrogen-bond donors (Lipinski definition) is 1. The third-order valence-electron chi connectivity index (χ3n) is 1.72. The Labute approximate surface area is 82.1 Å². The van der Waals surface area contributed by atoms with Gasteiger partial charge in [0.1, 0.15) is 15.7 Å². The molecule has 0 radical (unpaired) electrons. The molecule has 14 heavy (non-hydrogen) atoms. The number of hydrogen-bond acceptors (Lipinski definition) is 3. The summed E-state index contributed by atoms with van der Waals surface area (Å²) in [5, 5.41) is 9.42. The molecule has 0 saturated carbocycles. The maximum atomic E-state index is 13.1. The SMILES string of the molecule is CS(=O)(=O)C[C@H](O)c1ccccc1F. The van der Waals surface area contributed by atoms with E-state index >= 15 is 0 Å². The van der Waals surface area contributed by atoms with E-state index in [4.69, 9.17) is 0 Å². The maximum Gasteiger partial charge on any atom is 0.150 e. The van der Waals surface area contributed by atoms with E-state index in [-0.39, 0.29) is 5.56 Å². The summed E-state index contributed by atoms with van der Waals surface area (Å²) >= 11 is 0. The molecule has 0 aliphatic carbocycles. The molecule has 0 amide bonds. The van der Waals surface area contributed by atoms with Crippen molar-refractivity contribution in [1.82, 2.24) is 0 Å². The molecule has 1 rings (SSSR count). The predicted molar refractivity (Wildman–Crippen MR) is 51.1 cm³/mol. The van der Waals surface area contributed by atoms with Gasteiger partial charge in [0.05, 0.1) is 11.9 Å². The van der Waals surface area contributed by atoms with Crippen LogP contribution in [0.25, 0.3) is 0 Å². The van der Waals surface area contributed by atoms with Gasteiger partial charge in [0, 0.05) is 11.8 Å². The van der Waals surface area contributed by atoms with E-state index in [2.05, 4.69) is 0 Å². The van der Waals surface area contributed by atoms with Gasteiger partial charge in [-0.15, -0.1) is 0 Å². The topological polar surface area (TPSA) is 54.4 Å². The molecule has 1 aromatic rings. The van der Waals surface area contributed by atoms with E-state index in [0.29, 0.717) is 0 Å². The molecule has 1 N–H and O–H groups in total. The van der Waals surface area contributed by atoms with Gasteiger partial charge in [-0.1, -0.05) is 18.2 Å². The van der Waals surface area contributed by atoms with Crippen LogP contribution in [0.4, 0.5) is 4.39 Å². The molecule has 0 aliphatic heterocycles. The Morgan fingerprint density at radius 1 is 1.43 bits per heavy atom. The Morgan fingerprint density at radius 3 is 2.50 bits per heavy atom. The van der Waals surface area contributed by atoms with Gasteiger partial charge >= 0.3 is 0 Å². The first kappa shape index (κ1) is 11.1. The molecule has 1 atom stereocenters. The van der Waals surface area contributed by atoms with Crippen LogP contribution in [0.15, 0.2) is 24.3 Å². The smallest absolute Gasteiger partial charge is 0.150 e. The summed E-state index contributed by atoms with van der Waals surface area (Å²) < 4.78 is 34.7. The molecule has 0 bridgehead atoms. The normalized spacial score (nSPS) is 13.9. The molecule has 1 aromatic carbocycles. The Morgan fingerprint density at radius 2 is 2.00 bits per heavy atom. The van der Waals surface area contributed by atoms with Crippen molar-refractivity contribution in [2.75, 3.05) is 12.0 Å². The van der Waals surface area contributed by atoms with Crippen LogP contribution in [-0.4, -0.2) is 25.5 Å². The van der Waals surface area contributed by atoms with Crippen LogP contribution in [0.2, 0.25) is 0 Å². The highest BCUT2D eigenvalue weighted by atomic mass is 32.2. The highest BCUT2D eigenvalue weighted by Crippen LogP contribution is 2.17. The minimum Gasteiger partial charge on any atom is -0.387 e. The summed E-state index contributed by atoms with van der Waals surface area (Å²) in [7, 11) is -3.30. The van der Waals surface area contributed by atoms with Gasteiger partial charge in [-0.3, -0.25) is 0 Å². The zero-order valence-electron chi connectivity index (χ0n) is 7.64. The quantitative estimate of drug-likeness (QED) is 0.820. The molecule has 0 spiro atoms. The number of aliphatic hydroxyl groups excluding tert-OH is 1. The summed E-state index contributed by atoms with van der Waals surface area (Å²) in [6.07, 6.45) is -0.303. The number of sulfone groups is 1. The fourth-order valence-corrected chi connectivity index (χ4v) is 1.87. The molecule has 3 nitrogen and oxygen atoms in total. The second-order valence-electron chi connectivity index (χ2n) is 3.13. The monoisotopic (exact) mass is 218 g/mol. The number of aliphatic hydroxyl groups is 1. The largest absolute Gasteiger partial charge is 0.387 e. The van der Waals surface area contributed by atoms with Crippen LogP contribution >= 0.6 is 0 Å². The van der Waals surface area contributed by atoms with E-state index in [0.717, 1.165) is 6.26 Å². The maximum absolute atomic E-state index is 13.1. The van der Waals surface area contributed by atoms with Crippen LogP contribution < -0.4 is 0 Å². The van der Waals surface area contributed by atoms with Crippen molar-refractivity contribution in [1.29, 1.82) is 0 Å². The first-order valence-electron chi connectivity index (χ1n) is 4.00. The van der Waals surface area contributed by atoms with Gasteiger partial charge in [-0.2, -0.15) is 0 Å². The summed E-state index contributed by atoms with van der Waals surface area (Å²) in [4.78, 5) is 0. The zero-order valence-corrected chi connectivity index (χ0v) is 8.46. The van der Waals surface area contributed by atoms with Gasteiger partial charge in [-0.25, -0.2) is 12.8 Å². The molecule has 0 fully saturated rings. The summed E-state index contributed by atoms with van der Waals surface area (Å²) in [5.74, 6) is -1.06. The molecule has 0 aliphatic rings. The van der Waals surface area contributed by atoms with E-state index < -0.39 is 27.5 Å². The van der Waals surface area contributed by atoms with E-state index in [1.54, 1.807) is 6.07 Å². The van der Waals surface area contributed by atoms with Crippen molar-refractivity contribution in [3.05, 3.63) is 35.6 Å². The summed E-state index contributed by atoms with van der Waals surface area (Å²) in [5.41, 5.74) is 0.0120. The first-order chi connectivity index (χ1) is 6.40. The Kier molecular flexibility index (Phi) is 3.23. The van der Waals surface area contributed by atoms with Crippen LogP contribution in [0.3, 0.4) is 0 Å². The van der Waals surface area contributed by atoms with Crippen molar-refractivity contribution >= 4 is 9.84 Å². The standard InChI is InChI=1S/C9H11FO3S/c1-14(12,13)6-9(11)7-4-2-3-5-8(7)10/h2-5,9,11H,6H2,1H3/t9-/m0/s1. The van der Waals surface area contributed by atoms with Gasteiger partial charge < -0.3 is 5.11 Å². The second kappa shape index (κ2) is 4.06.